The van der Waals surface area contributed by atoms with Crippen LogP contribution in [0.25, 0.3) is 0 Å². The number of nitrogens with one attached hydrogen (secondary N) is 1. The molecule has 1 aliphatic heterocycles. The number of nitrogens with zero attached hydrogens (tertiary/aromatic N) is 1. The second-order valence-electron chi connectivity index (χ2n) is 6.38. The zero-order chi connectivity index (χ0) is 16.9. The molecule has 4 heteroatoms. The van der Waals surface area contributed by atoms with Gasteiger partial charge in [-0.2, -0.15) is 0 Å². The number of hydrogen-bond donors (Lipinski definition) is 1. The number of aryl methyl sites for hydroxylation is 1. The van der Waals surface area contributed by atoms with Crippen molar-refractivity contribution < 1.29 is 14.4 Å². The maximum absolute atomic E-state index is 5.53. The molecule has 1 aliphatic rings. The van der Waals surface area contributed by atoms with Crippen molar-refractivity contribution in [3.8, 4) is 11.5 Å². The van der Waals surface area contributed by atoms with E-state index in [1.807, 2.05) is 12.1 Å². The summed E-state index contributed by atoms with van der Waals surface area (Å²) in [5.74, 6) is 1.76. The van der Waals surface area contributed by atoms with Crippen molar-refractivity contribution in [1.29, 1.82) is 0 Å². The number of quaternary nitrogens is 1. The van der Waals surface area contributed by atoms with Gasteiger partial charge in [0.15, 0.2) is 0 Å². The van der Waals surface area contributed by atoms with E-state index in [1.165, 1.54) is 16.8 Å². The minimum absolute atomic E-state index is 0.843. The Hall–Kier alpha value is -2.20. The van der Waals surface area contributed by atoms with Crippen LogP contribution in [0.4, 0.5) is 5.69 Å². The van der Waals surface area contributed by atoms with Gasteiger partial charge in [-0.25, -0.2) is 0 Å². The Morgan fingerprint density at radius 1 is 1.00 bits per heavy atom. The number of methoxy groups -OCH3 is 2. The lowest BCUT2D eigenvalue weighted by Crippen LogP contribution is -3.13. The summed E-state index contributed by atoms with van der Waals surface area (Å²) in [5.41, 5.74) is 3.98. The van der Waals surface area contributed by atoms with Crippen molar-refractivity contribution in [2.75, 3.05) is 45.3 Å². The molecule has 1 N–H and O–H groups in total. The molecule has 4 nitrogen and oxygen atoms in total. The first-order valence-corrected chi connectivity index (χ1v) is 8.56. The number of rotatable bonds is 5. The van der Waals surface area contributed by atoms with E-state index < -0.39 is 0 Å². The van der Waals surface area contributed by atoms with Crippen molar-refractivity contribution in [3.63, 3.8) is 0 Å². The molecule has 1 fully saturated rings. The fourth-order valence-corrected chi connectivity index (χ4v) is 3.43. The van der Waals surface area contributed by atoms with Gasteiger partial charge in [-0.3, -0.25) is 0 Å². The van der Waals surface area contributed by atoms with Gasteiger partial charge in [0.1, 0.15) is 18.0 Å². The molecule has 2 aromatic rings. The molecule has 0 unspecified atom stereocenters. The normalized spacial score (nSPS) is 15.4. The molecule has 3 rings (SSSR count). The van der Waals surface area contributed by atoms with Crippen LogP contribution in [0.2, 0.25) is 0 Å². The molecule has 0 aliphatic carbocycles. The zero-order valence-electron chi connectivity index (χ0n) is 14.8. The van der Waals surface area contributed by atoms with Gasteiger partial charge in [0.25, 0.3) is 0 Å². The van der Waals surface area contributed by atoms with Crippen LogP contribution in [-0.4, -0.2) is 40.4 Å². The molecular formula is C20H27N2O2+. The third-order valence-corrected chi connectivity index (χ3v) is 4.86. The van der Waals surface area contributed by atoms with E-state index in [9.17, 15) is 0 Å². The Morgan fingerprint density at radius 3 is 2.42 bits per heavy atom. The molecule has 0 bridgehead atoms. The summed E-state index contributed by atoms with van der Waals surface area (Å²) in [6, 6.07) is 14.8. The standard InChI is InChI=1S/C20H26N2O2/c1-16-6-4-5-7-19(16)22-12-10-21(11-13-22)15-17-8-9-18(23-2)14-20(17)24-3/h4-9,14H,10-13,15H2,1-3H3/p+1. The van der Waals surface area contributed by atoms with Gasteiger partial charge in [-0.15, -0.1) is 0 Å². The Bertz CT molecular complexity index is 679. The summed E-state index contributed by atoms with van der Waals surface area (Å²) in [6.07, 6.45) is 0. The van der Waals surface area contributed by atoms with E-state index in [0.717, 1.165) is 44.2 Å². The van der Waals surface area contributed by atoms with Crippen LogP contribution in [0.1, 0.15) is 11.1 Å². The molecule has 24 heavy (non-hydrogen) atoms. The third kappa shape index (κ3) is 3.65. The third-order valence-electron chi connectivity index (χ3n) is 4.86. The van der Waals surface area contributed by atoms with Gasteiger partial charge in [0.05, 0.1) is 40.4 Å². The van der Waals surface area contributed by atoms with E-state index in [0.29, 0.717) is 0 Å². The van der Waals surface area contributed by atoms with Crippen molar-refractivity contribution in [3.05, 3.63) is 53.6 Å². The van der Waals surface area contributed by atoms with Crippen molar-refractivity contribution >= 4 is 5.69 Å². The van der Waals surface area contributed by atoms with Crippen LogP contribution in [0, 0.1) is 6.92 Å². The van der Waals surface area contributed by atoms with Gasteiger partial charge < -0.3 is 19.3 Å². The highest BCUT2D eigenvalue weighted by Gasteiger charge is 2.22. The average molecular weight is 327 g/mol. The SMILES string of the molecule is COc1ccc(C[NH+]2CCN(c3ccccc3C)CC2)c(OC)c1. The van der Waals surface area contributed by atoms with Crippen LogP contribution < -0.4 is 19.3 Å². The molecule has 0 spiro atoms. The molecule has 0 atom stereocenters. The van der Waals surface area contributed by atoms with Crippen molar-refractivity contribution in [2.24, 2.45) is 0 Å². The van der Waals surface area contributed by atoms with E-state index in [4.69, 9.17) is 9.47 Å². The molecule has 2 aromatic carbocycles. The van der Waals surface area contributed by atoms with Crippen LogP contribution in [0.5, 0.6) is 11.5 Å². The van der Waals surface area contributed by atoms with Crippen LogP contribution >= 0.6 is 0 Å². The largest absolute Gasteiger partial charge is 0.497 e. The summed E-state index contributed by atoms with van der Waals surface area (Å²) >= 11 is 0. The molecule has 0 saturated carbocycles. The first-order chi connectivity index (χ1) is 11.7. The number of hydrogen-bond acceptors (Lipinski definition) is 3. The maximum atomic E-state index is 5.53. The van der Waals surface area contributed by atoms with E-state index in [2.05, 4.69) is 42.2 Å². The van der Waals surface area contributed by atoms with Crippen LogP contribution in [0.3, 0.4) is 0 Å². The second kappa shape index (κ2) is 7.58. The van der Waals surface area contributed by atoms with Gasteiger partial charge in [0.2, 0.25) is 0 Å². The lowest BCUT2D eigenvalue weighted by Gasteiger charge is -2.34. The van der Waals surface area contributed by atoms with Crippen molar-refractivity contribution in [1.82, 2.24) is 0 Å². The quantitative estimate of drug-likeness (QED) is 0.909. The molecule has 0 radical (unpaired) electrons. The number of anilines is 1. The van der Waals surface area contributed by atoms with Gasteiger partial charge in [0, 0.05) is 17.3 Å². The maximum Gasteiger partial charge on any atom is 0.131 e. The van der Waals surface area contributed by atoms with E-state index >= 15 is 0 Å². The molecule has 1 saturated heterocycles. The highest BCUT2D eigenvalue weighted by Crippen LogP contribution is 2.24. The summed E-state index contributed by atoms with van der Waals surface area (Å²) in [5, 5.41) is 0. The number of ether oxygens (including phenoxy) is 2. The summed E-state index contributed by atoms with van der Waals surface area (Å²) in [6.45, 7) is 7.66. The fourth-order valence-electron chi connectivity index (χ4n) is 3.43. The molecule has 0 amide bonds. The highest BCUT2D eigenvalue weighted by atomic mass is 16.5. The Kier molecular flexibility index (Phi) is 5.26. The highest BCUT2D eigenvalue weighted by molar-refractivity contribution is 5.53. The van der Waals surface area contributed by atoms with E-state index in [-0.39, 0.29) is 0 Å². The van der Waals surface area contributed by atoms with Crippen LogP contribution in [0.15, 0.2) is 42.5 Å². The summed E-state index contributed by atoms with van der Waals surface area (Å²) < 4.78 is 10.8. The Labute approximate surface area is 144 Å². The smallest absolute Gasteiger partial charge is 0.131 e. The van der Waals surface area contributed by atoms with Crippen LogP contribution in [-0.2, 0) is 6.54 Å². The monoisotopic (exact) mass is 327 g/mol. The predicted molar refractivity (Wildman–Crippen MR) is 97.3 cm³/mol. The van der Waals surface area contributed by atoms with Gasteiger partial charge in [-0.05, 0) is 30.7 Å². The van der Waals surface area contributed by atoms with Gasteiger partial charge >= 0.3 is 0 Å². The van der Waals surface area contributed by atoms with E-state index in [1.54, 1.807) is 19.1 Å². The molecular weight excluding hydrogens is 300 g/mol. The average Bonchev–Trinajstić information content (AvgIpc) is 2.63. The number of para-hydroxylation sites is 1. The Morgan fingerprint density at radius 2 is 1.75 bits per heavy atom. The summed E-state index contributed by atoms with van der Waals surface area (Å²) in [7, 11) is 3.41. The van der Waals surface area contributed by atoms with Crippen molar-refractivity contribution in [2.45, 2.75) is 13.5 Å². The lowest BCUT2D eigenvalue weighted by atomic mass is 10.1. The fraction of sp³-hybridized carbons (Fsp3) is 0.400. The molecule has 0 aromatic heterocycles. The molecule has 128 valence electrons. The Balaban J connectivity index is 1.63. The first-order valence-electron chi connectivity index (χ1n) is 8.56. The number of benzene rings is 2. The van der Waals surface area contributed by atoms with Gasteiger partial charge in [-0.1, -0.05) is 18.2 Å². The minimum Gasteiger partial charge on any atom is -0.497 e. The zero-order valence-corrected chi connectivity index (χ0v) is 14.8. The number of piperazine rings is 1. The lowest BCUT2D eigenvalue weighted by molar-refractivity contribution is -0.914. The first kappa shape index (κ1) is 16.7. The topological polar surface area (TPSA) is 26.1 Å². The second-order valence-corrected chi connectivity index (χ2v) is 6.38. The predicted octanol–water partition coefficient (Wildman–Crippen LogP) is 1.92. The minimum atomic E-state index is 0.843. The summed E-state index contributed by atoms with van der Waals surface area (Å²) in [4.78, 5) is 4.10. The molecule has 1 heterocycles.